The molecule has 0 aliphatic carbocycles. The van der Waals surface area contributed by atoms with Crippen molar-refractivity contribution in [2.75, 3.05) is 26.2 Å². The Kier molecular flexibility index (Phi) is 4.90. The molecule has 2 aliphatic rings. The average molecular weight is 414 g/mol. The lowest BCUT2D eigenvalue weighted by Crippen LogP contribution is -2.36. The predicted molar refractivity (Wildman–Crippen MR) is 103 cm³/mol. The van der Waals surface area contributed by atoms with Gasteiger partial charge in [0.15, 0.2) is 0 Å². The van der Waals surface area contributed by atoms with Gasteiger partial charge in [-0.3, -0.25) is 4.90 Å². The molecular weight excluding hydrogens is 395 g/mol. The van der Waals surface area contributed by atoms with Crippen LogP contribution in [0.15, 0.2) is 30.6 Å². The molecule has 1 aromatic heterocycles. The summed E-state index contributed by atoms with van der Waals surface area (Å²) in [6.07, 6.45) is 5.16. The number of halogens is 3. The third kappa shape index (κ3) is 3.58. The molecule has 1 aromatic carbocycles. The van der Waals surface area contributed by atoms with Crippen LogP contribution in [0.4, 0.5) is 4.79 Å². The second-order valence-electron chi connectivity index (χ2n) is 7.27. The molecular formula is C18H19Cl3N4O. The number of hydrogen-bond acceptors (Lipinski definition) is 3. The summed E-state index contributed by atoms with van der Waals surface area (Å²) >= 11 is 18.0. The first-order chi connectivity index (χ1) is 12.4. The van der Waals surface area contributed by atoms with E-state index in [1.165, 1.54) is 10.9 Å². The highest BCUT2D eigenvalue weighted by Gasteiger charge is 2.44. The zero-order chi connectivity index (χ0) is 18.3. The highest BCUT2D eigenvalue weighted by molar-refractivity contribution is 6.42. The van der Waals surface area contributed by atoms with Gasteiger partial charge in [-0.25, -0.2) is 4.79 Å². The zero-order valence-corrected chi connectivity index (χ0v) is 16.4. The molecule has 1 atom stereocenters. The van der Waals surface area contributed by atoms with Gasteiger partial charge in [0.2, 0.25) is 0 Å². The van der Waals surface area contributed by atoms with E-state index in [0.717, 1.165) is 51.1 Å². The van der Waals surface area contributed by atoms with E-state index in [1.54, 1.807) is 6.20 Å². The molecule has 1 amide bonds. The van der Waals surface area contributed by atoms with Crippen LogP contribution in [0.2, 0.25) is 15.1 Å². The third-order valence-corrected chi connectivity index (χ3v) is 6.30. The molecule has 138 valence electrons. The topological polar surface area (TPSA) is 41.4 Å². The van der Waals surface area contributed by atoms with Crippen molar-refractivity contribution in [3.05, 3.63) is 51.2 Å². The second kappa shape index (κ2) is 7.04. The molecule has 0 bridgehead atoms. The lowest BCUT2D eigenvalue weighted by atomic mass is 9.86. The van der Waals surface area contributed by atoms with E-state index in [9.17, 15) is 4.79 Å². The van der Waals surface area contributed by atoms with Crippen LogP contribution in [-0.4, -0.2) is 51.8 Å². The van der Waals surface area contributed by atoms with Crippen LogP contribution >= 0.6 is 34.8 Å². The lowest BCUT2D eigenvalue weighted by Gasteiger charge is -2.24. The summed E-state index contributed by atoms with van der Waals surface area (Å²) < 4.78 is 1.32. The summed E-state index contributed by atoms with van der Waals surface area (Å²) in [7, 11) is 0. The Labute approximate surface area is 167 Å². The van der Waals surface area contributed by atoms with Crippen LogP contribution in [0.25, 0.3) is 0 Å². The Bertz CT molecular complexity index is 840. The van der Waals surface area contributed by atoms with Gasteiger partial charge in [0.05, 0.1) is 27.5 Å². The normalized spacial score (nSPS) is 23.3. The van der Waals surface area contributed by atoms with Crippen molar-refractivity contribution in [1.29, 1.82) is 0 Å². The Balaban J connectivity index is 1.38. The second-order valence-corrected chi connectivity index (χ2v) is 8.52. The zero-order valence-electron chi connectivity index (χ0n) is 14.2. The summed E-state index contributed by atoms with van der Waals surface area (Å²) in [4.78, 5) is 16.9. The highest BCUT2D eigenvalue weighted by Crippen LogP contribution is 2.40. The SMILES string of the molecule is O=C(N1CCC2(CCN(Cc3ccc(Cl)c(Cl)c3)C2)C1)n1cc(Cl)cn1. The van der Waals surface area contributed by atoms with Crippen LogP contribution in [-0.2, 0) is 6.54 Å². The molecule has 2 saturated heterocycles. The fourth-order valence-electron chi connectivity index (χ4n) is 4.04. The molecule has 4 rings (SSSR count). The Morgan fingerprint density at radius 2 is 1.92 bits per heavy atom. The first-order valence-corrected chi connectivity index (χ1v) is 9.73. The minimum Gasteiger partial charge on any atom is -0.322 e. The lowest BCUT2D eigenvalue weighted by molar-refractivity contribution is 0.196. The number of nitrogens with zero attached hydrogens (tertiary/aromatic N) is 4. The van der Waals surface area contributed by atoms with Crippen molar-refractivity contribution in [3.63, 3.8) is 0 Å². The van der Waals surface area contributed by atoms with Gasteiger partial charge in [-0.05, 0) is 37.1 Å². The smallest absolute Gasteiger partial charge is 0.322 e. The molecule has 8 heteroatoms. The van der Waals surface area contributed by atoms with Crippen LogP contribution in [0.3, 0.4) is 0 Å². The first-order valence-electron chi connectivity index (χ1n) is 8.60. The summed E-state index contributed by atoms with van der Waals surface area (Å²) in [5, 5.41) is 5.67. The maximum Gasteiger partial charge on any atom is 0.344 e. The minimum absolute atomic E-state index is 0.100. The Hall–Kier alpha value is -1.27. The van der Waals surface area contributed by atoms with Crippen molar-refractivity contribution in [2.24, 2.45) is 5.41 Å². The van der Waals surface area contributed by atoms with Gasteiger partial charge in [-0.1, -0.05) is 40.9 Å². The number of rotatable bonds is 2. The molecule has 2 aromatic rings. The number of amides is 1. The third-order valence-electron chi connectivity index (χ3n) is 5.36. The molecule has 5 nitrogen and oxygen atoms in total. The van der Waals surface area contributed by atoms with E-state index in [0.29, 0.717) is 15.1 Å². The van der Waals surface area contributed by atoms with Crippen molar-refractivity contribution >= 4 is 40.8 Å². The van der Waals surface area contributed by atoms with Gasteiger partial charge in [-0.2, -0.15) is 9.78 Å². The van der Waals surface area contributed by atoms with E-state index in [4.69, 9.17) is 34.8 Å². The Morgan fingerprint density at radius 3 is 2.65 bits per heavy atom. The van der Waals surface area contributed by atoms with E-state index >= 15 is 0 Å². The van der Waals surface area contributed by atoms with Crippen molar-refractivity contribution in [2.45, 2.75) is 19.4 Å². The summed E-state index contributed by atoms with van der Waals surface area (Å²) in [6.45, 7) is 4.38. The standard InChI is InChI=1S/C18H19Cl3N4O/c19-14-8-22-25(10-14)17(26)24-6-4-18(12-24)3-5-23(11-18)9-13-1-2-15(20)16(21)7-13/h1-2,7-8,10H,3-6,9,11-12H2. The molecule has 0 N–H and O–H groups in total. The molecule has 3 heterocycles. The number of hydrogen-bond donors (Lipinski definition) is 0. The number of carbonyl (C=O) groups is 1. The van der Waals surface area contributed by atoms with Crippen LogP contribution in [0, 0.1) is 5.41 Å². The van der Waals surface area contributed by atoms with E-state index in [-0.39, 0.29) is 11.4 Å². The molecule has 2 aliphatic heterocycles. The predicted octanol–water partition coefficient (Wildman–Crippen LogP) is 4.41. The summed E-state index contributed by atoms with van der Waals surface area (Å²) in [5.74, 6) is 0. The van der Waals surface area contributed by atoms with Gasteiger partial charge in [0.25, 0.3) is 0 Å². The van der Waals surface area contributed by atoms with E-state index < -0.39 is 0 Å². The number of carbonyl (C=O) groups excluding carboxylic acids is 1. The first kappa shape index (κ1) is 18.1. The van der Waals surface area contributed by atoms with Crippen molar-refractivity contribution in [1.82, 2.24) is 19.6 Å². The fraction of sp³-hybridized carbons (Fsp3) is 0.444. The maximum atomic E-state index is 12.6. The molecule has 0 radical (unpaired) electrons. The largest absolute Gasteiger partial charge is 0.344 e. The van der Waals surface area contributed by atoms with Crippen LogP contribution in [0.5, 0.6) is 0 Å². The molecule has 1 spiro atoms. The molecule has 26 heavy (non-hydrogen) atoms. The average Bonchev–Trinajstić information content (AvgIpc) is 3.32. The summed E-state index contributed by atoms with van der Waals surface area (Å²) in [5.41, 5.74) is 1.33. The summed E-state index contributed by atoms with van der Waals surface area (Å²) in [6, 6.07) is 5.69. The van der Waals surface area contributed by atoms with E-state index in [2.05, 4.69) is 10.00 Å². The minimum atomic E-state index is -0.100. The van der Waals surface area contributed by atoms with Gasteiger partial charge >= 0.3 is 6.03 Å². The van der Waals surface area contributed by atoms with Crippen LogP contribution in [0.1, 0.15) is 18.4 Å². The highest BCUT2D eigenvalue weighted by atomic mass is 35.5. The van der Waals surface area contributed by atoms with E-state index in [1.807, 2.05) is 23.1 Å². The number of benzene rings is 1. The quantitative estimate of drug-likeness (QED) is 0.732. The Morgan fingerprint density at radius 1 is 1.12 bits per heavy atom. The molecule has 0 saturated carbocycles. The van der Waals surface area contributed by atoms with Crippen molar-refractivity contribution < 1.29 is 4.79 Å². The van der Waals surface area contributed by atoms with Gasteiger partial charge < -0.3 is 4.90 Å². The van der Waals surface area contributed by atoms with Crippen LogP contribution < -0.4 is 0 Å². The fourth-order valence-corrected chi connectivity index (χ4v) is 4.50. The van der Waals surface area contributed by atoms with Gasteiger partial charge in [0.1, 0.15) is 0 Å². The number of aromatic nitrogens is 2. The van der Waals surface area contributed by atoms with Gasteiger partial charge in [0, 0.05) is 31.6 Å². The monoisotopic (exact) mass is 412 g/mol. The van der Waals surface area contributed by atoms with Crippen molar-refractivity contribution in [3.8, 4) is 0 Å². The molecule has 2 fully saturated rings. The number of likely N-dealkylation sites (tertiary alicyclic amines) is 2. The van der Waals surface area contributed by atoms with Gasteiger partial charge in [-0.15, -0.1) is 0 Å². The maximum absolute atomic E-state index is 12.6. The molecule has 1 unspecified atom stereocenters.